The first-order valence-electron chi connectivity index (χ1n) is 10.0. The van der Waals surface area contributed by atoms with E-state index in [1.807, 2.05) is 13.0 Å². The standard InChI is InChI=1S/C22H30N6O3/c1-4-9-28(22(31)15(2)8-10-29)20(23)19(14-24-3)27-21(30)17-7-5-6-16(11-17)18-12-25-26-13-18/h5-7,11-14,22-24,29,31H,2,4,8-10H2,1,3H3,(H,25,26)(H,27,30)/b19-14+,23-20?/t22-/m0/s1. The van der Waals surface area contributed by atoms with Crippen molar-refractivity contribution in [3.8, 4) is 11.1 Å². The molecule has 0 saturated carbocycles. The van der Waals surface area contributed by atoms with Crippen LogP contribution in [0, 0.1) is 5.41 Å². The maximum absolute atomic E-state index is 12.9. The number of aliphatic hydroxyl groups is 2. The highest BCUT2D eigenvalue weighted by molar-refractivity contribution is 6.04. The number of nitrogens with one attached hydrogen (secondary N) is 4. The quantitative estimate of drug-likeness (QED) is 0.140. The monoisotopic (exact) mass is 426 g/mol. The number of hydrogen-bond acceptors (Lipinski definition) is 6. The molecular formula is C22H30N6O3. The number of amides is 1. The van der Waals surface area contributed by atoms with Crippen molar-refractivity contribution in [2.24, 2.45) is 0 Å². The number of aliphatic hydroxyl groups excluding tert-OH is 2. The van der Waals surface area contributed by atoms with Crippen LogP contribution in [-0.2, 0) is 0 Å². The fourth-order valence-corrected chi connectivity index (χ4v) is 3.00. The molecule has 0 spiro atoms. The number of benzene rings is 1. The van der Waals surface area contributed by atoms with Gasteiger partial charge < -0.3 is 25.7 Å². The Morgan fingerprint density at radius 3 is 2.81 bits per heavy atom. The topological polar surface area (TPSA) is 137 Å². The van der Waals surface area contributed by atoms with Gasteiger partial charge in [0, 0.05) is 43.7 Å². The van der Waals surface area contributed by atoms with E-state index in [-0.39, 0.29) is 24.6 Å². The van der Waals surface area contributed by atoms with Crippen LogP contribution in [0.2, 0.25) is 0 Å². The highest BCUT2D eigenvalue weighted by Crippen LogP contribution is 2.19. The smallest absolute Gasteiger partial charge is 0.255 e. The van der Waals surface area contributed by atoms with Crippen molar-refractivity contribution in [1.29, 1.82) is 5.41 Å². The zero-order valence-corrected chi connectivity index (χ0v) is 17.9. The largest absolute Gasteiger partial charge is 0.396 e. The lowest BCUT2D eigenvalue weighted by Gasteiger charge is -2.32. The Kier molecular flexibility index (Phi) is 8.98. The number of carbonyl (C=O) groups is 1. The van der Waals surface area contributed by atoms with Crippen LogP contribution in [0.5, 0.6) is 0 Å². The fourth-order valence-electron chi connectivity index (χ4n) is 3.00. The summed E-state index contributed by atoms with van der Waals surface area (Å²) in [6.45, 7) is 5.94. The molecule has 1 amide bonds. The summed E-state index contributed by atoms with van der Waals surface area (Å²) in [4.78, 5) is 14.3. The third kappa shape index (κ3) is 6.27. The Balaban J connectivity index is 2.23. The van der Waals surface area contributed by atoms with E-state index in [9.17, 15) is 9.90 Å². The van der Waals surface area contributed by atoms with E-state index in [0.717, 1.165) is 11.1 Å². The van der Waals surface area contributed by atoms with Gasteiger partial charge in [-0.3, -0.25) is 15.3 Å². The van der Waals surface area contributed by atoms with Gasteiger partial charge in [-0.1, -0.05) is 25.6 Å². The molecule has 0 fully saturated rings. The van der Waals surface area contributed by atoms with Crippen molar-refractivity contribution in [1.82, 2.24) is 25.7 Å². The molecule has 2 rings (SSSR count). The first kappa shape index (κ1) is 23.8. The summed E-state index contributed by atoms with van der Waals surface area (Å²) in [6.07, 6.45) is 4.63. The molecular weight excluding hydrogens is 396 g/mol. The second-order valence-electron chi connectivity index (χ2n) is 6.92. The van der Waals surface area contributed by atoms with Crippen molar-refractivity contribution in [3.63, 3.8) is 0 Å². The van der Waals surface area contributed by atoms with Crippen molar-refractivity contribution in [2.45, 2.75) is 26.0 Å². The maximum Gasteiger partial charge on any atom is 0.255 e. The molecule has 1 atom stereocenters. The number of hydrogen-bond donors (Lipinski definition) is 6. The molecule has 0 unspecified atom stereocenters. The Labute approximate surface area is 182 Å². The highest BCUT2D eigenvalue weighted by Gasteiger charge is 2.24. The molecule has 2 aromatic rings. The summed E-state index contributed by atoms with van der Waals surface area (Å²) in [6, 6.07) is 7.07. The van der Waals surface area contributed by atoms with Crippen molar-refractivity contribution >= 4 is 11.7 Å². The van der Waals surface area contributed by atoms with Gasteiger partial charge in [-0.05, 0) is 36.1 Å². The van der Waals surface area contributed by atoms with E-state index in [4.69, 9.17) is 10.5 Å². The van der Waals surface area contributed by atoms with Gasteiger partial charge in [0.25, 0.3) is 5.91 Å². The van der Waals surface area contributed by atoms with Crippen LogP contribution >= 0.6 is 0 Å². The third-order valence-electron chi connectivity index (χ3n) is 4.59. The summed E-state index contributed by atoms with van der Waals surface area (Å²) in [7, 11) is 1.66. The van der Waals surface area contributed by atoms with E-state index in [2.05, 4.69) is 27.4 Å². The van der Waals surface area contributed by atoms with Crippen LogP contribution in [0.4, 0.5) is 0 Å². The molecule has 0 aliphatic heterocycles. The lowest BCUT2D eigenvalue weighted by molar-refractivity contribution is 0.0791. The molecule has 1 aromatic heterocycles. The van der Waals surface area contributed by atoms with Gasteiger partial charge in [-0.15, -0.1) is 0 Å². The SMILES string of the molecule is C=C(CCO)[C@H](O)N(CCC)C(=N)/C(=C\NC)NC(=O)c1cccc(-c2cn[nH]c2)c1. The third-order valence-corrected chi connectivity index (χ3v) is 4.59. The van der Waals surface area contributed by atoms with Gasteiger partial charge in [0.1, 0.15) is 12.1 Å². The zero-order valence-electron chi connectivity index (χ0n) is 17.9. The molecule has 6 N–H and O–H groups in total. The maximum atomic E-state index is 12.9. The predicted octanol–water partition coefficient (Wildman–Crippen LogP) is 1.81. The van der Waals surface area contributed by atoms with Gasteiger partial charge in [0.2, 0.25) is 0 Å². The lowest BCUT2D eigenvalue weighted by Crippen LogP contribution is -2.45. The normalized spacial score (nSPS) is 12.2. The van der Waals surface area contributed by atoms with Crippen molar-refractivity contribution < 1.29 is 15.0 Å². The number of aromatic nitrogens is 2. The van der Waals surface area contributed by atoms with Gasteiger partial charge in [-0.25, -0.2) is 0 Å². The van der Waals surface area contributed by atoms with Crippen LogP contribution < -0.4 is 10.6 Å². The average Bonchev–Trinajstić information content (AvgIpc) is 3.31. The minimum Gasteiger partial charge on any atom is -0.396 e. The van der Waals surface area contributed by atoms with Crippen LogP contribution in [0.25, 0.3) is 11.1 Å². The Morgan fingerprint density at radius 2 is 2.19 bits per heavy atom. The first-order valence-corrected chi connectivity index (χ1v) is 10.0. The van der Waals surface area contributed by atoms with Crippen LogP contribution in [0.1, 0.15) is 30.1 Å². The Hall–Kier alpha value is -3.43. The van der Waals surface area contributed by atoms with Crippen molar-refractivity contribution in [2.75, 3.05) is 20.2 Å². The molecule has 9 nitrogen and oxygen atoms in total. The second-order valence-corrected chi connectivity index (χ2v) is 6.92. The van der Waals surface area contributed by atoms with E-state index >= 15 is 0 Å². The molecule has 1 heterocycles. The molecule has 0 radical (unpaired) electrons. The number of aromatic amines is 1. The summed E-state index contributed by atoms with van der Waals surface area (Å²) in [5, 5.41) is 40.6. The van der Waals surface area contributed by atoms with E-state index in [1.54, 1.807) is 37.6 Å². The summed E-state index contributed by atoms with van der Waals surface area (Å²) >= 11 is 0. The summed E-state index contributed by atoms with van der Waals surface area (Å²) < 4.78 is 0. The fraction of sp³-hybridized carbons (Fsp3) is 0.318. The van der Waals surface area contributed by atoms with E-state index in [0.29, 0.717) is 24.1 Å². The Bertz CT molecular complexity index is 923. The molecule has 166 valence electrons. The number of carbonyl (C=O) groups excluding carboxylic acids is 1. The van der Waals surface area contributed by atoms with Gasteiger partial charge in [0.15, 0.2) is 0 Å². The predicted molar refractivity (Wildman–Crippen MR) is 120 cm³/mol. The molecule has 0 bridgehead atoms. The number of nitrogens with zero attached hydrogens (tertiary/aromatic N) is 2. The van der Waals surface area contributed by atoms with Crippen LogP contribution in [-0.4, -0.2) is 63.5 Å². The van der Waals surface area contributed by atoms with Gasteiger partial charge in [0.05, 0.1) is 11.9 Å². The van der Waals surface area contributed by atoms with Gasteiger partial charge >= 0.3 is 0 Å². The minimum absolute atomic E-state index is 0.0675. The molecule has 1 aromatic carbocycles. The lowest BCUT2D eigenvalue weighted by atomic mass is 10.1. The zero-order chi connectivity index (χ0) is 22.8. The minimum atomic E-state index is -1.15. The average molecular weight is 427 g/mol. The number of H-pyrrole nitrogens is 1. The van der Waals surface area contributed by atoms with Crippen LogP contribution in [0.15, 0.2) is 60.7 Å². The molecule has 31 heavy (non-hydrogen) atoms. The molecule has 0 saturated heterocycles. The van der Waals surface area contributed by atoms with Crippen LogP contribution in [0.3, 0.4) is 0 Å². The number of amidine groups is 1. The summed E-state index contributed by atoms with van der Waals surface area (Å²) in [5.74, 6) is -0.459. The van der Waals surface area contributed by atoms with E-state index in [1.165, 1.54) is 11.1 Å². The second kappa shape index (κ2) is 11.7. The summed E-state index contributed by atoms with van der Waals surface area (Å²) in [5.41, 5.74) is 2.70. The molecule has 9 heteroatoms. The van der Waals surface area contributed by atoms with Crippen molar-refractivity contribution in [3.05, 3.63) is 66.3 Å². The number of rotatable bonds is 11. The van der Waals surface area contributed by atoms with Gasteiger partial charge in [-0.2, -0.15) is 5.10 Å². The highest BCUT2D eigenvalue weighted by atomic mass is 16.3. The molecule has 0 aliphatic carbocycles. The Morgan fingerprint density at radius 1 is 1.42 bits per heavy atom. The van der Waals surface area contributed by atoms with E-state index < -0.39 is 12.1 Å². The first-order chi connectivity index (χ1) is 14.9. The molecule has 0 aliphatic rings.